The molecule has 1 aliphatic heterocycles. The second-order valence-corrected chi connectivity index (χ2v) is 11.4. The first-order chi connectivity index (χ1) is 20.1. The number of para-hydroxylation sites is 1. The van der Waals surface area contributed by atoms with E-state index in [1.807, 2.05) is 32.9 Å². The summed E-state index contributed by atoms with van der Waals surface area (Å²) < 4.78 is 46.7. The van der Waals surface area contributed by atoms with Crippen LogP contribution in [0, 0.1) is 30.3 Å². The molecule has 0 unspecified atom stereocenters. The Bertz CT molecular complexity index is 1390. The zero-order valence-corrected chi connectivity index (χ0v) is 24.3. The smallest absolute Gasteiger partial charge is 0.313 e. The van der Waals surface area contributed by atoms with Gasteiger partial charge in [0.15, 0.2) is 23.2 Å². The number of nitrogens with one attached hydrogen (secondary N) is 2. The molecule has 1 atom stereocenters. The van der Waals surface area contributed by atoms with Gasteiger partial charge < -0.3 is 25.4 Å². The maximum atomic E-state index is 14.2. The Labute approximate surface area is 246 Å². The van der Waals surface area contributed by atoms with E-state index < -0.39 is 77.7 Å². The Balaban J connectivity index is 1.58. The monoisotopic (exact) mass is 605 g/mol. The van der Waals surface area contributed by atoms with Gasteiger partial charge in [-0.3, -0.25) is 24.0 Å². The number of benzene rings is 2. The average Bonchev–Trinajstić information content (AvgIpc) is 2.94. The number of hydrogen-bond acceptors (Lipinski definition) is 6. The van der Waals surface area contributed by atoms with Crippen molar-refractivity contribution in [1.29, 1.82) is 0 Å². The number of nitrogens with zero attached hydrogens (tertiary/aromatic N) is 1. The summed E-state index contributed by atoms with van der Waals surface area (Å²) in [6, 6.07) is 6.16. The van der Waals surface area contributed by atoms with Gasteiger partial charge in [-0.25, -0.2) is 8.78 Å². The lowest BCUT2D eigenvalue weighted by atomic mass is 9.86. The largest absolute Gasteiger partial charge is 0.481 e. The van der Waals surface area contributed by atoms with Crippen molar-refractivity contribution in [3.63, 3.8) is 0 Å². The van der Waals surface area contributed by atoms with Crippen LogP contribution in [-0.2, 0) is 29.4 Å². The number of carbonyl (C=O) groups is 5. The number of Topliss-reactive ketones (excluding diaryl/α,β-unsaturated/α-hetero) is 1. The molecule has 0 saturated carbocycles. The topological polar surface area (TPSA) is 142 Å². The fourth-order valence-electron chi connectivity index (χ4n) is 4.69. The number of carboxylic acid groups (broad SMARTS) is 1. The molecule has 0 bridgehead atoms. The number of halogens is 3. The van der Waals surface area contributed by atoms with E-state index in [1.165, 1.54) is 4.90 Å². The Kier molecular flexibility index (Phi) is 10.5. The van der Waals surface area contributed by atoms with Crippen LogP contribution in [0.1, 0.15) is 51.2 Å². The molecular formula is C30H34F3N3O7. The minimum absolute atomic E-state index is 0.0589. The molecule has 232 valence electrons. The SMILES string of the molecule is Cc1cc(F)c(F)c(OCC(=O)[C@H](CC(=O)O)NC(=O)C2CCN(C(=O)C(=O)Nc3ccccc3C(C)(C)C)CC2)c1F. The number of hydrogen-bond donors (Lipinski definition) is 3. The second kappa shape index (κ2) is 13.7. The molecule has 0 aliphatic carbocycles. The van der Waals surface area contributed by atoms with Crippen LogP contribution >= 0.6 is 0 Å². The first-order valence-corrected chi connectivity index (χ1v) is 13.6. The summed E-state index contributed by atoms with van der Waals surface area (Å²) in [6.07, 6.45) is -0.575. The van der Waals surface area contributed by atoms with E-state index in [9.17, 15) is 42.3 Å². The van der Waals surface area contributed by atoms with E-state index in [-0.39, 0.29) is 36.9 Å². The maximum absolute atomic E-state index is 14.2. The third-order valence-electron chi connectivity index (χ3n) is 7.07. The molecule has 1 heterocycles. The highest BCUT2D eigenvalue weighted by Gasteiger charge is 2.33. The molecule has 3 rings (SSSR count). The van der Waals surface area contributed by atoms with Crippen molar-refractivity contribution in [3.05, 3.63) is 58.9 Å². The number of piperidine rings is 1. The van der Waals surface area contributed by atoms with Crippen LogP contribution in [0.3, 0.4) is 0 Å². The van der Waals surface area contributed by atoms with Gasteiger partial charge in [0.25, 0.3) is 0 Å². The number of ketones is 1. The third-order valence-corrected chi connectivity index (χ3v) is 7.07. The van der Waals surface area contributed by atoms with Gasteiger partial charge in [0, 0.05) is 24.7 Å². The first-order valence-electron chi connectivity index (χ1n) is 13.6. The molecule has 2 aromatic rings. The number of ether oxygens (including phenoxy) is 1. The zero-order chi connectivity index (χ0) is 32.1. The lowest BCUT2D eigenvalue weighted by molar-refractivity contribution is -0.145. The number of anilines is 1. The highest BCUT2D eigenvalue weighted by atomic mass is 19.2. The van der Waals surface area contributed by atoms with Crippen molar-refractivity contribution in [2.75, 3.05) is 25.0 Å². The van der Waals surface area contributed by atoms with E-state index in [0.717, 1.165) is 12.5 Å². The summed E-state index contributed by atoms with van der Waals surface area (Å²) in [5.74, 6) is -10.8. The van der Waals surface area contributed by atoms with E-state index in [1.54, 1.807) is 12.1 Å². The van der Waals surface area contributed by atoms with Crippen LogP contribution < -0.4 is 15.4 Å². The maximum Gasteiger partial charge on any atom is 0.313 e. The Morgan fingerprint density at radius 1 is 1.05 bits per heavy atom. The van der Waals surface area contributed by atoms with Gasteiger partial charge in [-0.05, 0) is 48.4 Å². The summed E-state index contributed by atoms with van der Waals surface area (Å²) >= 11 is 0. The quantitative estimate of drug-likeness (QED) is 0.294. The number of carboxylic acids is 1. The van der Waals surface area contributed by atoms with Gasteiger partial charge in [-0.15, -0.1) is 0 Å². The molecule has 43 heavy (non-hydrogen) atoms. The fourth-order valence-corrected chi connectivity index (χ4v) is 4.69. The highest BCUT2D eigenvalue weighted by Crippen LogP contribution is 2.30. The molecule has 1 aliphatic rings. The van der Waals surface area contributed by atoms with Crippen LogP contribution in [0.2, 0.25) is 0 Å². The van der Waals surface area contributed by atoms with E-state index >= 15 is 0 Å². The summed E-state index contributed by atoms with van der Waals surface area (Å²) in [7, 11) is 0. The summed E-state index contributed by atoms with van der Waals surface area (Å²) in [5, 5.41) is 14.2. The number of amides is 3. The molecule has 2 aromatic carbocycles. The lowest BCUT2D eigenvalue weighted by Gasteiger charge is -2.31. The highest BCUT2D eigenvalue weighted by molar-refractivity contribution is 6.39. The number of likely N-dealkylation sites (tertiary alicyclic amines) is 1. The van der Waals surface area contributed by atoms with E-state index in [2.05, 4.69) is 10.6 Å². The van der Waals surface area contributed by atoms with Crippen LogP contribution in [0.15, 0.2) is 30.3 Å². The van der Waals surface area contributed by atoms with Crippen LogP contribution in [0.5, 0.6) is 5.75 Å². The lowest BCUT2D eigenvalue weighted by Crippen LogP contribution is -2.50. The summed E-state index contributed by atoms with van der Waals surface area (Å²) in [6.45, 7) is 6.17. The average molecular weight is 606 g/mol. The molecule has 3 amide bonds. The molecule has 0 radical (unpaired) electrons. The first kappa shape index (κ1) is 33.1. The van der Waals surface area contributed by atoms with Crippen molar-refractivity contribution in [3.8, 4) is 5.75 Å². The molecule has 1 fully saturated rings. The Morgan fingerprint density at radius 3 is 2.28 bits per heavy atom. The third kappa shape index (κ3) is 8.33. The number of aryl methyl sites for hydroxylation is 1. The van der Waals surface area contributed by atoms with E-state index in [4.69, 9.17) is 4.74 Å². The molecule has 13 heteroatoms. The van der Waals surface area contributed by atoms with Gasteiger partial charge in [0.2, 0.25) is 11.7 Å². The normalized spacial score (nSPS) is 14.5. The van der Waals surface area contributed by atoms with Crippen molar-refractivity contribution in [1.82, 2.24) is 10.2 Å². The van der Waals surface area contributed by atoms with Gasteiger partial charge in [-0.2, -0.15) is 4.39 Å². The van der Waals surface area contributed by atoms with Crippen molar-refractivity contribution in [2.45, 2.75) is 58.4 Å². The Morgan fingerprint density at radius 2 is 1.67 bits per heavy atom. The van der Waals surface area contributed by atoms with Crippen molar-refractivity contribution in [2.24, 2.45) is 5.92 Å². The summed E-state index contributed by atoms with van der Waals surface area (Å²) in [5.41, 5.74) is 0.811. The Hall–Kier alpha value is -4.42. The standard InChI is InChI=1S/C30H34F3N3O7/c1-16-13-19(31)25(33)26(24(16)32)43-15-22(37)21(14-23(38)39)35-27(40)17-9-11-36(12-10-17)29(42)28(41)34-20-8-6-5-7-18(20)30(2,3)4/h5-8,13,17,21H,9-12,14-15H2,1-4H3,(H,34,41)(H,35,40)(H,38,39)/t21-/m0/s1. The van der Waals surface area contributed by atoms with Crippen molar-refractivity contribution < 1.29 is 47.0 Å². The van der Waals surface area contributed by atoms with Gasteiger partial charge >= 0.3 is 17.8 Å². The number of carbonyl (C=O) groups excluding carboxylic acids is 4. The minimum atomic E-state index is -1.65. The molecular weight excluding hydrogens is 571 g/mol. The molecule has 10 nitrogen and oxygen atoms in total. The predicted molar refractivity (Wildman–Crippen MR) is 149 cm³/mol. The molecule has 3 N–H and O–H groups in total. The predicted octanol–water partition coefficient (Wildman–Crippen LogP) is 3.49. The molecule has 1 saturated heterocycles. The van der Waals surface area contributed by atoms with Gasteiger partial charge in [0.1, 0.15) is 12.6 Å². The number of rotatable bonds is 9. The second-order valence-electron chi connectivity index (χ2n) is 11.4. The molecule has 0 aromatic heterocycles. The zero-order valence-electron chi connectivity index (χ0n) is 24.3. The van der Waals surface area contributed by atoms with Crippen LogP contribution in [0.25, 0.3) is 0 Å². The minimum Gasteiger partial charge on any atom is -0.481 e. The fraction of sp³-hybridized carbons (Fsp3) is 0.433. The molecule has 0 spiro atoms. The van der Waals surface area contributed by atoms with Crippen LogP contribution in [0.4, 0.5) is 18.9 Å². The number of aliphatic carboxylic acids is 1. The summed E-state index contributed by atoms with van der Waals surface area (Å²) in [4.78, 5) is 63.8. The van der Waals surface area contributed by atoms with Gasteiger partial charge in [-0.1, -0.05) is 39.0 Å². The van der Waals surface area contributed by atoms with E-state index in [0.29, 0.717) is 11.8 Å². The van der Waals surface area contributed by atoms with Gasteiger partial charge in [0.05, 0.1) is 6.42 Å². The van der Waals surface area contributed by atoms with Crippen LogP contribution in [-0.4, -0.2) is 65.2 Å². The van der Waals surface area contributed by atoms with Crippen molar-refractivity contribution >= 4 is 35.2 Å².